The highest BCUT2D eigenvalue weighted by Crippen LogP contribution is 2.33. The van der Waals surface area contributed by atoms with E-state index in [4.69, 9.17) is 0 Å². The van der Waals surface area contributed by atoms with Crippen LogP contribution in [0.3, 0.4) is 0 Å². The van der Waals surface area contributed by atoms with Gasteiger partial charge in [-0.05, 0) is 32.1 Å². The molecule has 3 atom stereocenters. The molecule has 0 radical (unpaired) electrons. The predicted octanol–water partition coefficient (Wildman–Crippen LogP) is 1.59. The summed E-state index contributed by atoms with van der Waals surface area (Å²) in [6.45, 7) is 1.96. The maximum Gasteiger partial charge on any atom is 0.241 e. The van der Waals surface area contributed by atoms with Crippen LogP contribution in [0.15, 0.2) is 6.20 Å². The van der Waals surface area contributed by atoms with Crippen molar-refractivity contribution in [1.29, 1.82) is 0 Å². The molecule has 1 saturated heterocycles. The van der Waals surface area contributed by atoms with Crippen molar-refractivity contribution in [2.75, 3.05) is 5.32 Å². The Morgan fingerprint density at radius 2 is 2.26 bits per heavy atom. The van der Waals surface area contributed by atoms with Gasteiger partial charge in [0.2, 0.25) is 5.91 Å². The van der Waals surface area contributed by atoms with Crippen molar-refractivity contribution in [3.8, 4) is 0 Å². The number of carbonyl (C=O) groups excluding carboxylic acids is 1. The average molecular weight is 262 g/mol. The van der Waals surface area contributed by atoms with E-state index in [2.05, 4.69) is 15.7 Å². The van der Waals surface area contributed by atoms with Gasteiger partial charge >= 0.3 is 0 Å². The van der Waals surface area contributed by atoms with Crippen LogP contribution in [0.2, 0.25) is 0 Å². The number of nitrogens with one attached hydrogen (secondary N) is 2. The molecule has 0 bridgehead atoms. The summed E-state index contributed by atoms with van der Waals surface area (Å²) < 4.78 is 1.78. The van der Waals surface area contributed by atoms with E-state index >= 15 is 0 Å². The van der Waals surface area contributed by atoms with Crippen LogP contribution < -0.4 is 10.6 Å². The number of hydrogen-bond donors (Lipinski definition) is 2. The van der Waals surface area contributed by atoms with Gasteiger partial charge in [0.15, 0.2) is 0 Å². The van der Waals surface area contributed by atoms with Crippen LogP contribution in [0.4, 0.5) is 5.69 Å². The maximum atomic E-state index is 12.3. The lowest BCUT2D eigenvalue weighted by molar-refractivity contribution is -0.117. The minimum absolute atomic E-state index is 0.0345. The molecular formula is C14H22N4O. The van der Waals surface area contributed by atoms with Crippen molar-refractivity contribution in [2.45, 2.75) is 51.1 Å². The summed E-state index contributed by atoms with van der Waals surface area (Å²) in [5, 5.41) is 10.6. The Kier molecular flexibility index (Phi) is 3.31. The third-order valence-corrected chi connectivity index (χ3v) is 4.67. The largest absolute Gasteiger partial charge is 0.322 e. The van der Waals surface area contributed by atoms with Gasteiger partial charge in [0.1, 0.15) is 0 Å². The molecule has 1 saturated carbocycles. The third-order valence-electron chi connectivity index (χ3n) is 4.67. The second-order valence-corrected chi connectivity index (χ2v) is 5.86. The molecule has 1 amide bonds. The Bertz CT molecular complexity index is 468. The number of hydrogen-bond acceptors (Lipinski definition) is 3. The first-order chi connectivity index (χ1) is 9.15. The summed E-state index contributed by atoms with van der Waals surface area (Å²) in [4.78, 5) is 12.3. The van der Waals surface area contributed by atoms with Crippen LogP contribution in [0, 0.1) is 12.8 Å². The minimum Gasteiger partial charge on any atom is -0.322 e. The lowest BCUT2D eigenvalue weighted by Crippen LogP contribution is -2.39. The average Bonchev–Trinajstić information content (AvgIpc) is 2.97. The van der Waals surface area contributed by atoms with Crippen LogP contribution in [-0.2, 0) is 11.8 Å². The fourth-order valence-electron chi connectivity index (χ4n) is 3.36. The van der Waals surface area contributed by atoms with Gasteiger partial charge in [0.05, 0.1) is 23.6 Å². The molecule has 3 rings (SSSR count). The second kappa shape index (κ2) is 4.96. The van der Waals surface area contributed by atoms with Gasteiger partial charge in [-0.1, -0.05) is 12.8 Å². The zero-order valence-corrected chi connectivity index (χ0v) is 11.6. The number of nitrogens with zero attached hydrogens (tertiary/aromatic N) is 2. The first kappa shape index (κ1) is 12.7. The quantitative estimate of drug-likeness (QED) is 0.851. The Balaban J connectivity index is 1.63. The van der Waals surface area contributed by atoms with Crippen molar-refractivity contribution in [2.24, 2.45) is 13.0 Å². The topological polar surface area (TPSA) is 59.0 Å². The summed E-state index contributed by atoms with van der Waals surface area (Å²) in [6.07, 6.45) is 7.81. The highest BCUT2D eigenvalue weighted by atomic mass is 16.2. The standard InChI is InChI=1S/C14H22N4O/c1-9-13(8-15-18(9)2)17-14(19)12-7-10-5-3-4-6-11(10)16-12/h8,10-12,16H,3-7H2,1-2H3,(H,17,19). The van der Waals surface area contributed by atoms with E-state index in [1.165, 1.54) is 25.7 Å². The first-order valence-electron chi connectivity index (χ1n) is 7.20. The molecule has 2 aliphatic rings. The van der Waals surface area contributed by atoms with Crippen LogP contribution in [0.25, 0.3) is 0 Å². The van der Waals surface area contributed by atoms with Crippen LogP contribution in [0.1, 0.15) is 37.8 Å². The molecule has 19 heavy (non-hydrogen) atoms. The predicted molar refractivity (Wildman–Crippen MR) is 73.9 cm³/mol. The van der Waals surface area contributed by atoms with E-state index in [0.717, 1.165) is 17.8 Å². The molecule has 104 valence electrons. The van der Waals surface area contributed by atoms with Crippen molar-refractivity contribution < 1.29 is 4.79 Å². The first-order valence-corrected chi connectivity index (χ1v) is 7.20. The minimum atomic E-state index is -0.0345. The smallest absolute Gasteiger partial charge is 0.241 e. The van der Waals surface area contributed by atoms with E-state index in [-0.39, 0.29) is 11.9 Å². The summed E-state index contributed by atoms with van der Waals surface area (Å²) in [5.41, 5.74) is 1.81. The fourth-order valence-corrected chi connectivity index (χ4v) is 3.36. The number of fused-ring (bicyclic) bond motifs is 1. The highest BCUT2D eigenvalue weighted by molar-refractivity contribution is 5.95. The number of anilines is 1. The van der Waals surface area contributed by atoms with Gasteiger partial charge in [-0.2, -0.15) is 5.10 Å². The van der Waals surface area contributed by atoms with E-state index in [0.29, 0.717) is 12.0 Å². The molecule has 5 heteroatoms. The third kappa shape index (κ3) is 2.39. The van der Waals surface area contributed by atoms with E-state index in [1.54, 1.807) is 10.9 Å². The number of rotatable bonds is 2. The summed E-state index contributed by atoms with van der Waals surface area (Å²) in [5.74, 6) is 0.782. The van der Waals surface area contributed by atoms with E-state index in [9.17, 15) is 4.79 Å². The van der Waals surface area contributed by atoms with Crippen LogP contribution in [0.5, 0.6) is 0 Å². The molecule has 1 aromatic heterocycles. The normalized spacial score (nSPS) is 30.1. The number of aryl methyl sites for hydroxylation is 1. The number of carbonyl (C=O) groups is 1. The molecular weight excluding hydrogens is 240 g/mol. The van der Waals surface area contributed by atoms with Crippen LogP contribution in [-0.4, -0.2) is 27.8 Å². The molecule has 1 aliphatic carbocycles. The molecule has 2 heterocycles. The van der Waals surface area contributed by atoms with Gasteiger partial charge in [0.25, 0.3) is 0 Å². The van der Waals surface area contributed by atoms with Gasteiger partial charge in [-0.25, -0.2) is 0 Å². The second-order valence-electron chi connectivity index (χ2n) is 5.86. The maximum absolute atomic E-state index is 12.3. The number of amides is 1. The Hall–Kier alpha value is -1.36. The molecule has 0 spiro atoms. The highest BCUT2D eigenvalue weighted by Gasteiger charge is 2.38. The molecule has 3 unspecified atom stereocenters. The Labute approximate surface area is 113 Å². The summed E-state index contributed by atoms with van der Waals surface area (Å²) in [6, 6.07) is 0.521. The zero-order chi connectivity index (χ0) is 13.4. The van der Waals surface area contributed by atoms with Gasteiger partial charge in [-0.3, -0.25) is 9.48 Å². The fraction of sp³-hybridized carbons (Fsp3) is 0.714. The van der Waals surface area contributed by atoms with Crippen molar-refractivity contribution in [3.05, 3.63) is 11.9 Å². The monoisotopic (exact) mass is 262 g/mol. The van der Waals surface area contributed by atoms with Crippen molar-refractivity contribution in [3.63, 3.8) is 0 Å². The SMILES string of the molecule is Cc1c(NC(=O)C2CC3CCCCC3N2)cnn1C. The molecule has 2 fully saturated rings. The lowest BCUT2D eigenvalue weighted by atomic mass is 9.85. The molecule has 5 nitrogen and oxygen atoms in total. The van der Waals surface area contributed by atoms with E-state index < -0.39 is 0 Å². The number of aromatic nitrogens is 2. The van der Waals surface area contributed by atoms with Gasteiger partial charge < -0.3 is 10.6 Å². The molecule has 1 aliphatic heterocycles. The molecule has 0 aromatic carbocycles. The molecule has 2 N–H and O–H groups in total. The van der Waals surface area contributed by atoms with E-state index in [1.807, 2.05) is 14.0 Å². The zero-order valence-electron chi connectivity index (χ0n) is 11.6. The Morgan fingerprint density at radius 1 is 1.47 bits per heavy atom. The van der Waals surface area contributed by atoms with Crippen LogP contribution >= 0.6 is 0 Å². The van der Waals surface area contributed by atoms with Gasteiger partial charge in [0, 0.05) is 13.1 Å². The van der Waals surface area contributed by atoms with Crippen molar-refractivity contribution >= 4 is 11.6 Å². The van der Waals surface area contributed by atoms with Crippen molar-refractivity contribution in [1.82, 2.24) is 15.1 Å². The Morgan fingerprint density at radius 3 is 2.95 bits per heavy atom. The molecule has 1 aromatic rings. The summed E-state index contributed by atoms with van der Waals surface area (Å²) >= 11 is 0. The van der Waals surface area contributed by atoms with Gasteiger partial charge in [-0.15, -0.1) is 0 Å². The lowest BCUT2D eigenvalue weighted by Gasteiger charge is -2.24. The summed E-state index contributed by atoms with van der Waals surface area (Å²) in [7, 11) is 1.88.